The average molecular weight is 216 g/mol. The van der Waals surface area contributed by atoms with E-state index >= 15 is 0 Å². The van der Waals surface area contributed by atoms with E-state index in [0.29, 0.717) is 5.88 Å². The molecule has 3 N–H and O–H groups in total. The Morgan fingerprint density at radius 1 is 1.57 bits per heavy atom. The summed E-state index contributed by atoms with van der Waals surface area (Å²) in [6.07, 6.45) is 5.08. The molecule has 80 valence electrons. The topological polar surface area (TPSA) is 47.9 Å². The predicted octanol–water partition coefficient (Wildman–Crippen LogP) is 1.86. The van der Waals surface area contributed by atoms with E-state index in [1.54, 1.807) is 0 Å². The second-order valence-electron chi connectivity index (χ2n) is 2.99. The van der Waals surface area contributed by atoms with Gasteiger partial charge >= 0.3 is 0 Å². The van der Waals surface area contributed by atoms with Crippen LogP contribution in [0, 0.1) is 5.41 Å². The average Bonchev–Trinajstić information content (AvgIpc) is 2.22. The first-order valence-electron chi connectivity index (χ1n) is 4.52. The summed E-state index contributed by atoms with van der Waals surface area (Å²) in [5.74, 6) is 0.476. The Hall–Kier alpha value is -0.960. The third-order valence-corrected chi connectivity index (χ3v) is 2.18. The van der Waals surface area contributed by atoms with Gasteiger partial charge in [-0.05, 0) is 31.7 Å². The quantitative estimate of drug-likeness (QED) is 0.360. The molecule has 0 heterocycles. The van der Waals surface area contributed by atoms with E-state index in [0.717, 1.165) is 11.3 Å². The highest BCUT2D eigenvalue weighted by atomic mass is 35.5. The summed E-state index contributed by atoms with van der Waals surface area (Å²) in [6, 6.07) is 0.0534. The number of nitrogens with one attached hydrogen (secondary N) is 3. The fraction of sp³-hybridized carbons (Fsp3) is 0.500. The van der Waals surface area contributed by atoms with Gasteiger partial charge in [-0.15, -0.1) is 11.6 Å². The van der Waals surface area contributed by atoms with Crippen LogP contribution in [0.1, 0.15) is 13.8 Å². The second-order valence-corrected chi connectivity index (χ2v) is 3.26. The van der Waals surface area contributed by atoms with Crippen LogP contribution in [-0.4, -0.2) is 25.2 Å². The van der Waals surface area contributed by atoms with Gasteiger partial charge in [0.25, 0.3) is 0 Å². The van der Waals surface area contributed by atoms with E-state index in [-0.39, 0.29) is 6.04 Å². The molecule has 0 saturated heterocycles. The van der Waals surface area contributed by atoms with Crippen LogP contribution in [0.4, 0.5) is 0 Å². The van der Waals surface area contributed by atoms with Crippen LogP contribution in [-0.2, 0) is 0 Å². The van der Waals surface area contributed by atoms with Crippen molar-refractivity contribution in [3.05, 3.63) is 23.5 Å². The lowest BCUT2D eigenvalue weighted by molar-refractivity contribution is 0.815. The SMILES string of the molecule is CN/C(C)=C(/C=CNC(C)C=N)CCl. The maximum Gasteiger partial charge on any atom is 0.0575 e. The van der Waals surface area contributed by atoms with Gasteiger partial charge in [0.15, 0.2) is 0 Å². The van der Waals surface area contributed by atoms with E-state index in [1.165, 1.54) is 6.21 Å². The van der Waals surface area contributed by atoms with Gasteiger partial charge in [0.1, 0.15) is 0 Å². The smallest absolute Gasteiger partial charge is 0.0575 e. The number of hydrogen-bond acceptors (Lipinski definition) is 3. The van der Waals surface area contributed by atoms with Crippen molar-refractivity contribution in [2.24, 2.45) is 0 Å². The van der Waals surface area contributed by atoms with Gasteiger partial charge in [-0.1, -0.05) is 0 Å². The van der Waals surface area contributed by atoms with Gasteiger partial charge in [-0.3, -0.25) is 0 Å². The van der Waals surface area contributed by atoms with Gasteiger partial charge < -0.3 is 16.0 Å². The number of halogens is 1. The Kier molecular flexibility index (Phi) is 6.93. The van der Waals surface area contributed by atoms with Crippen LogP contribution in [0.2, 0.25) is 0 Å². The zero-order valence-corrected chi connectivity index (χ0v) is 9.65. The number of rotatable bonds is 6. The minimum absolute atomic E-state index is 0.0534. The largest absolute Gasteiger partial charge is 0.391 e. The normalized spacial score (nSPS) is 14.9. The zero-order valence-electron chi connectivity index (χ0n) is 8.89. The minimum atomic E-state index is 0.0534. The molecule has 4 heteroatoms. The Bertz CT molecular complexity index is 234. The number of allylic oxidation sites excluding steroid dienone is 3. The molecule has 3 nitrogen and oxygen atoms in total. The van der Waals surface area contributed by atoms with Crippen molar-refractivity contribution < 1.29 is 0 Å². The summed E-state index contributed by atoms with van der Waals surface area (Å²) in [4.78, 5) is 0. The summed E-state index contributed by atoms with van der Waals surface area (Å²) >= 11 is 5.77. The van der Waals surface area contributed by atoms with Crippen LogP contribution in [0.3, 0.4) is 0 Å². The van der Waals surface area contributed by atoms with E-state index < -0.39 is 0 Å². The lowest BCUT2D eigenvalue weighted by Crippen LogP contribution is -2.21. The van der Waals surface area contributed by atoms with Crippen LogP contribution in [0.15, 0.2) is 23.5 Å². The monoisotopic (exact) mass is 215 g/mol. The molecule has 1 atom stereocenters. The molecule has 0 bridgehead atoms. The van der Waals surface area contributed by atoms with Crippen molar-refractivity contribution in [1.29, 1.82) is 5.41 Å². The van der Waals surface area contributed by atoms with Gasteiger partial charge in [0.05, 0.1) is 6.04 Å². The number of hydrogen-bond donors (Lipinski definition) is 3. The highest BCUT2D eigenvalue weighted by Crippen LogP contribution is 2.04. The van der Waals surface area contributed by atoms with Crippen molar-refractivity contribution in [3.8, 4) is 0 Å². The third-order valence-electron chi connectivity index (χ3n) is 1.89. The summed E-state index contributed by atoms with van der Waals surface area (Å²) in [7, 11) is 1.86. The van der Waals surface area contributed by atoms with Gasteiger partial charge in [0.2, 0.25) is 0 Å². The fourth-order valence-corrected chi connectivity index (χ4v) is 1.07. The molecule has 0 aliphatic carbocycles. The molecule has 0 fully saturated rings. The van der Waals surface area contributed by atoms with Gasteiger partial charge in [-0.2, -0.15) is 0 Å². The molecule has 0 rings (SSSR count). The molecule has 0 saturated carbocycles. The van der Waals surface area contributed by atoms with E-state index in [9.17, 15) is 0 Å². The molecule has 0 aromatic heterocycles. The first kappa shape index (κ1) is 13.0. The molecule has 0 aliphatic rings. The fourth-order valence-electron chi connectivity index (χ4n) is 0.779. The molecule has 1 unspecified atom stereocenters. The Morgan fingerprint density at radius 3 is 2.64 bits per heavy atom. The maximum atomic E-state index is 6.99. The maximum absolute atomic E-state index is 6.99. The Morgan fingerprint density at radius 2 is 2.21 bits per heavy atom. The molecular formula is C10H18ClN3. The van der Waals surface area contributed by atoms with Crippen LogP contribution < -0.4 is 10.6 Å². The van der Waals surface area contributed by atoms with Gasteiger partial charge in [0, 0.05) is 24.8 Å². The van der Waals surface area contributed by atoms with Crippen molar-refractivity contribution in [2.75, 3.05) is 12.9 Å². The number of alkyl halides is 1. The molecule has 14 heavy (non-hydrogen) atoms. The van der Waals surface area contributed by atoms with Crippen molar-refractivity contribution in [2.45, 2.75) is 19.9 Å². The van der Waals surface area contributed by atoms with Gasteiger partial charge in [-0.25, -0.2) is 0 Å². The van der Waals surface area contributed by atoms with E-state index in [1.807, 2.05) is 33.2 Å². The predicted molar refractivity (Wildman–Crippen MR) is 63.0 cm³/mol. The summed E-state index contributed by atoms with van der Waals surface area (Å²) < 4.78 is 0. The second kappa shape index (κ2) is 7.44. The van der Waals surface area contributed by atoms with Crippen molar-refractivity contribution in [1.82, 2.24) is 10.6 Å². The van der Waals surface area contributed by atoms with Crippen molar-refractivity contribution in [3.63, 3.8) is 0 Å². The Balaban J connectivity index is 4.25. The highest BCUT2D eigenvalue weighted by Gasteiger charge is 1.95. The standard InChI is InChI=1S/C10H18ClN3/c1-8(7-12)14-5-4-10(6-11)9(2)13-3/h4-5,7-8,12-14H,6H2,1-3H3/b5-4?,10-9-,12-7?. The molecule has 0 aromatic carbocycles. The first-order valence-corrected chi connectivity index (χ1v) is 5.05. The van der Waals surface area contributed by atoms with Crippen LogP contribution in [0.5, 0.6) is 0 Å². The lowest BCUT2D eigenvalue weighted by atomic mass is 10.2. The van der Waals surface area contributed by atoms with E-state index in [4.69, 9.17) is 17.0 Å². The third kappa shape index (κ3) is 4.92. The molecule has 0 amide bonds. The minimum Gasteiger partial charge on any atom is -0.391 e. The molecule has 0 aliphatic heterocycles. The highest BCUT2D eigenvalue weighted by molar-refractivity contribution is 6.19. The molecular weight excluding hydrogens is 198 g/mol. The lowest BCUT2D eigenvalue weighted by Gasteiger charge is -2.06. The van der Waals surface area contributed by atoms with Crippen molar-refractivity contribution >= 4 is 17.8 Å². The first-order chi connectivity index (χ1) is 6.65. The molecule has 0 spiro atoms. The summed E-state index contributed by atoms with van der Waals surface area (Å²) in [6.45, 7) is 3.88. The summed E-state index contributed by atoms with van der Waals surface area (Å²) in [5.41, 5.74) is 2.10. The zero-order chi connectivity index (χ0) is 11.0. The van der Waals surface area contributed by atoms with Crippen LogP contribution in [0.25, 0.3) is 0 Å². The molecule has 0 aromatic rings. The Labute approximate surface area is 90.7 Å². The summed E-state index contributed by atoms with van der Waals surface area (Å²) in [5, 5.41) is 13.1. The van der Waals surface area contributed by atoms with E-state index in [2.05, 4.69) is 10.6 Å². The molecule has 0 radical (unpaired) electrons. The van der Waals surface area contributed by atoms with Crippen LogP contribution >= 0.6 is 11.6 Å².